The van der Waals surface area contributed by atoms with E-state index in [4.69, 9.17) is 18.8 Å². The van der Waals surface area contributed by atoms with Crippen LogP contribution in [0.4, 0.5) is 0 Å². The predicted octanol–water partition coefficient (Wildman–Crippen LogP) is 2.72. The number of carbonyl (C=O) groups excluding carboxylic acids is 1. The van der Waals surface area contributed by atoms with Crippen molar-refractivity contribution >= 4 is 19.2 Å². The van der Waals surface area contributed by atoms with Gasteiger partial charge in [-0.3, -0.25) is 0 Å². The third-order valence-electron chi connectivity index (χ3n) is 4.92. The summed E-state index contributed by atoms with van der Waals surface area (Å²) >= 11 is 0. The Kier molecular flexibility index (Phi) is 6.16. The first kappa shape index (κ1) is 20.5. The molecule has 0 amide bonds. The molecule has 1 aromatic rings. The number of ether oxygens (including phenoxy) is 2. The lowest BCUT2D eigenvalue weighted by Crippen LogP contribution is -2.41. The SMILES string of the molecule is CNCC(=Cc1ccc(C(=O)OC)c(OC)c1)B1OC(C)(C)C(C)(C)O1. The van der Waals surface area contributed by atoms with Gasteiger partial charge in [-0.25, -0.2) is 4.79 Å². The fourth-order valence-corrected chi connectivity index (χ4v) is 2.69. The number of methoxy groups -OCH3 is 2. The molecule has 1 N–H and O–H groups in total. The van der Waals surface area contributed by atoms with Crippen molar-refractivity contribution in [1.29, 1.82) is 0 Å². The number of rotatable bonds is 6. The van der Waals surface area contributed by atoms with Crippen LogP contribution in [-0.2, 0) is 14.0 Å². The molecule has 0 atom stereocenters. The average Bonchev–Trinajstić information content (AvgIpc) is 2.81. The summed E-state index contributed by atoms with van der Waals surface area (Å²) in [5.74, 6) is 0.0297. The van der Waals surface area contributed by atoms with E-state index in [1.54, 1.807) is 12.1 Å². The van der Waals surface area contributed by atoms with Crippen molar-refractivity contribution < 1.29 is 23.6 Å². The number of likely N-dealkylation sites (N-methyl/N-ethyl adjacent to an activating group) is 1. The lowest BCUT2D eigenvalue weighted by atomic mass is 9.77. The first-order valence-corrected chi connectivity index (χ1v) is 8.62. The molecule has 0 unspecified atom stereocenters. The van der Waals surface area contributed by atoms with Gasteiger partial charge in [0, 0.05) is 6.54 Å². The highest BCUT2D eigenvalue weighted by atomic mass is 16.7. The summed E-state index contributed by atoms with van der Waals surface area (Å²) < 4.78 is 22.4. The van der Waals surface area contributed by atoms with Crippen molar-refractivity contribution in [2.24, 2.45) is 0 Å². The van der Waals surface area contributed by atoms with Gasteiger partial charge in [0.1, 0.15) is 11.3 Å². The van der Waals surface area contributed by atoms with Crippen LogP contribution in [0.5, 0.6) is 5.75 Å². The van der Waals surface area contributed by atoms with E-state index in [0.29, 0.717) is 17.9 Å². The summed E-state index contributed by atoms with van der Waals surface area (Å²) in [6, 6.07) is 5.33. The van der Waals surface area contributed by atoms with Crippen LogP contribution >= 0.6 is 0 Å². The van der Waals surface area contributed by atoms with E-state index in [0.717, 1.165) is 11.0 Å². The summed E-state index contributed by atoms with van der Waals surface area (Å²) in [5.41, 5.74) is 1.42. The number of carbonyl (C=O) groups is 1. The van der Waals surface area contributed by atoms with E-state index in [1.807, 2.05) is 46.9 Å². The molecule has 1 aliphatic rings. The molecule has 7 heteroatoms. The number of benzene rings is 1. The van der Waals surface area contributed by atoms with Gasteiger partial charge in [0.05, 0.1) is 25.4 Å². The molecule has 2 rings (SSSR count). The van der Waals surface area contributed by atoms with E-state index < -0.39 is 24.3 Å². The second kappa shape index (κ2) is 7.82. The standard InChI is InChI=1S/C19H28BNO5/c1-18(2)19(3,4)26-20(25-18)14(12-21-5)10-13-8-9-15(17(22)24-7)16(11-13)23-6/h8-11,21H,12H2,1-7H3. The molecule has 0 radical (unpaired) electrons. The summed E-state index contributed by atoms with van der Waals surface area (Å²) in [6.45, 7) is 8.71. The fourth-order valence-electron chi connectivity index (χ4n) is 2.69. The van der Waals surface area contributed by atoms with Crippen molar-refractivity contribution in [1.82, 2.24) is 5.32 Å². The Morgan fingerprint density at radius 3 is 2.31 bits per heavy atom. The molecule has 142 valence electrons. The Morgan fingerprint density at radius 2 is 1.81 bits per heavy atom. The zero-order valence-corrected chi connectivity index (χ0v) is 16.6. The maximum absolute atomic E-state index is 11.8. The minimum atomic E-state index is -0.446. The molecule has 1 saturated heterocycles. The van der Waals surface area contributed by atoms with Gasteiger partial charge >= 0.3 is 13.1 Å². The van der Waals surface area contributed by atoms with E-state index in [9.17, 15) is 4.79 Å². The summed E-state index contributed by atoms with van der Waals surface area (Å²) in [5, 5.41) is 3.15. The molecule has 0 bridgehead atoms. The summed E-state index contributed by atoms with van der Waals surface area (Å²) in [4.78, 5) is 11.8. The minimum absolute atomic E-state index is 0.387. The third-order valence-corrected chi connectivity index (χ3v) is 4.92. The summed E-state index contributed by atoms with van der Waals surface area (Å²) in [6.07, 6.45) is 1.99. The molecule has 0 saturated carbocycles. The second-order valence-corrected chi connectivity index (χ2v) is 7.29. The fraction of sp³-hybridized carbons (Fsp3) is 0.526. The zero-order chi connectivity index (χ0) is 19.5. The topological polar surface area (TPSA) is 66.0 Å². The van der Waals surface area contributed by atoms with Gasteiger partial charge < -0.3 is 24.1 Å². The highest BCUT2D eigenvalue weighted by Crippen LogP contribution is 2.38. The molecule has 26 heavy (non-hydrogen) atoms. The normalized spacial score (nSPS) is 18.7. The number of hydrogen-bond acceptors (Lipinski definition) is 6. The Labute approximate surface area is 156 Å². The van der Waals surface area contributed by atoms with Crippen LogP contribution in [0.15, 0.2) is 23.7 Å². The minimum Gasteiger partial charge on any atom is -0.496 e. The Hall–Kier alpha value is -1.83. The quantitative estimate of drug-likeness (QED) is 0.621. The van der Waals surface area contributed by atoms with Gasteiger partial charge in [0.25, 0.3) is 0 Å². The van der Waals surface area contributed by atoms with Crippen molar-refractivity contribution in [3.05, 3.63) is 34.8 Å². The second-order valence-electron chi connectivity index (χ2n) is 7.29. The maximum atomic E-state index is 11.8. The van der Waals surface area contributed by atoms with Gasteiger partial charge in [-0.2, -0.15) is 0 Å². The number of hydrogen-bond donors (Lipinski definition) is 1. The Morgan fingerprint density at radius 1 is 1.19 bits per heavy atom. The first-order chi connectivity index (χ1) is 12.1. The average molecular weight is 361 g/mol. The molecule has 0 aromatic heterocycles. The molecule has 1 aliphatic heterocycles. The Bertz CT molecular complexity index is 683. The van der Waals surface area contributed by atoms with Crippen LogP contribution in [0.1, 0.15) is 43.6 Å². The van der Waals surface area contributed by atoms with Crippen LogP contribution in [0.3, 0.4) is 0 Å². The predicted molar refractivity (Wildman–Crippen MR) is 102 cm³/mol. The van der Waals surface area contributed by atoms with Crippen molar-refractivity contribution in [3.63, 3.8) is 0 Å². The van der Waals surface area contributed by atoms with Gasteiger partial charge in [-0.15, -0.1) is 0 Å². The van der Waals surface area contributed by atoms with Crippen molar-refractivity contribution in [3.8, 4) is 5.75 Å². The zero-order valence-electron chi connectivity index (χ0n) is 16.6. The van der Waals surface area contributed by atoms with E-state index in [1.165, 1.54) is 14.2 Å². The van der Waals surface area contributed by atoms with Crippen molar-refractivity contribution in [2.45, 2.75) is 38.9 Å². The number of nitrogens with one attached hydrogen (secondary N) is 1. The lowest BCUT2D eigenvalue weighted by Gasteiger charge is -2.32. The van der Waals surface area contributed by atoms with E-state index >= 15 is 0 Å². The van der Waals surface area contributed by atoms with Gasteiger partial charge in [-0.05, 0) is 57.9 Å². The largest absolute Gasteiger partial charge is 0.496 e. The smallest absolute Gasteiger partial charge is 0.491 e. The molecule has 1 aromatic carbocycles. The van der Waals surface area contributed by atoms with Crippen LogP contribution in [0.25, 0.3) is 6.08 Å². The van der Waals surface area contributed by atoms with Crippen LogP contribution in [0.2, 0.25) is 0 Å². The highest BCUT2D eigenvalue weighted by molar-refractivity contribution is 6.55. The van der Waals surface area contributed by atoms with Gasteiger partial charge in [0.15, 0.2) is 0 Å². The van der Waals surface area contributed by atoms with Crippen LogP contribution < -0.4 is 10.1 Å². The molecule has 0 spiro atoms. The van der Waals surface area contributed by atoms with E-state index in [2.05, 4.69) is 5.32 Å². The van der Waals surface area contributed by atoms with Gasteiger partial charge in [-0.1, -0.05) is 12.1 Å². The lowest BCUT2D eigenvalue weighted by molar-refractivity contribution is 0.00578. The van der Waals surface area contributed by atoms with Gasteiger partial charge in [0.2, 0.25) is 0 Å². The molecule has 6 nitrogen and oxygen atoms in total. The maximum Gasteiger partial charge on any atom is 0.491 e. The highest BCUT2D eigenvalue weighted by Gasteiger charge is 2.52. The molecule has 1 fully saturated rings. The molecular formula is C19H28BNO5. The van der Waals surface area contributed by atoms with Crippen LogP contribution in [0, 0.1) is 0 Å². The molecule has 1 heterocycles. The van der Waals surface area contributed by atoms with Crippen molar-refractivity contribution in [2.75, 3.05) is 27.8 Å². The number of esters is 1. The summed E-state index contributed by atoms with van der Waals surface area (Å²) in [7, 11) is 4.30. The molecule has 0 aliphatic carbocycles. The van der Waals surface area contributed by atoms with E-state index in [-0.39, 0.29) is 0 Å². The van der Waals surface area contributed by atoms with Crippen LogP contribution in [-0.4, -0.2) is 52.1 Å². The first-order valence-electron chi connectivity index (χ1n) is 8.62. The molecular weight excluding hydrogens is 333 g/mol. The Balaban J connectivity index is 2.36. The third kappa shape index (κ3) is 4.11. The monoisotopic (exact) mass is 361 g/mol.